The lowest BCUT2D eigenvalue weighted by Crippen LogP contribution is -2.24. The number of rotatable bonds is 8. The number of hydrogen-bond acceptors (Lipinski definition) is 5. The van der Waals surface area contributed by atoms with Gasteiger partial charge in [-0.3, -0.25) is 9.36 Å². The van der Waals surface area contributed by atoms with Crippen LogP contribution in [-0.2, 0) is 29.3 Å². The summed E-state index contributed by atoms with van der Waals surface area (Å²) in [6, 6.07) is 0. The van der Waals surface area contributed by atoms with Crippen molar-refractivity contribution in [2.75, 3.05) is 19.8 Å². The van der Waals surface area contributed by atoms with Crippen molar-refractivity contribution < 1.29 is 53.9 Å². The molecule has 1 unspecified atom stereocenters. The van der Waals surface area contributed by atoms with Crippen molar-refractivity contribution >= 4 is 13.6 Å². The van der Waals surface area contributed by atoms with E-state index in [4.69, 9.17) is 9.05 Å². The summed E-state index contributed by atoms with van der Waals surface area (Å²) in [6.07, 6.45) is -5.78. The topological polar surface area (TPSA) is 61.8 Å². The third-order valence-corrected chi connectivity index (χ3v) is 5.64. The van der Waals surface area contributed by atoms with Gasteiger partial charge in [-0.2, -0.15) is 13.2 Å². The third-order valence-electron chi connectivity index (χ3n) is 3.30. The van der Waals surface area contributed by atoms with E-state index < -0.39 is 79.6 Å². The average Bonchev–Trinajstić information content (AvgIpc) is 2.56. The normalized spacial score (nSPS) is 13.5. The van der Waals surface area contributed by atoms with Gasteiger partial charge in [0.1, 0.15) is 5.56 Å². The van der Waals surface area contributed by atoms with E-state index in [1.54, 1.807) is 0 Å². The molecule has 1 rings (SSSR count). The monoisotopic (exact) mass is 440 g/mol. The SMILES string of the molecule is CCOC(=O)C(c1c(F)c(F)c(C(F)(F)F)c(F)c1F)P(=O)(OCC)OCC. The molecule has 5 nitrogen and oxygen atoms in total. The van der Waals surface area contributed by atoms with Crippen molar-refractivity contribution in [2.24, 2.45) is 0 Å². The van der Waals surface area contributed by atoms with E-state index in [0.29, 0.717) is 0 Å². The van der Waals surface area contributed by atoms with Gasteiger partial charge < -0.3 is 13.8 Å². The number of benzene rings is 1. The smallest absolute Gasteiger partial charge is 0.422 e. The molecule has 0 aliphatic carbocycles. The molecule has 1 aromatic rings. The Morgan fingerprint density at radius 1 is 0.893 bits per heavy atom. The molecule has 0 saturated heterocycles. The summed E-state index contributed by atoms with van der Waals surface area (Å²) in [7, 11) is -4.86. The van der Waals surface area contributed by atoms with E-state index in [1.165, 1.54) is 20.8 Å². The van der Waals surface area contributed by atoms with Crippen molar-refractivity contribution in [3.05, 3.63) is 34.4 Å². The molecule has 0 fully saturated rings. The predicted molar refractivity (Wildman–Crippen MR) is 81.5 cm³/mol. The number of hydrogen-bond donors (Lipinski definition) is 0. The van der Waals surface area contributed by atoms with Gasteiger partial charge in [0, 0.05) is 0 Å². The maximum absolute atomic E-state index is 14.4. The standard InChI is InChI=1S/C15H16F7O5P/c1-4-25-14(23)13(28(24,26-5-2)27-6-3)7-9(16)11(18)8(15(20,21)22)12(19)10(7)17/h13H,4-6H2,1-3H3. The predicted octanol–water partition coefficient (Wildman–Crippen LogP) is 5.13. The fourth-order valence-electron chi connectivity index (χ4n) is 2.31. The summed E-state index contributed by atoms with van der Waals surface area (Å²) in [5.74, 6) is -12.4. The molecule has 0 aliphatic heterocycles. The van der Waals surface area contributed by atoms with E-state index in [1.807, 2.05) is 0 Å². The fourth-order valence-corrected chi connectivity index (χ4v) is 4.28. The molecule has 13 heteroatoms. The summed E-state index contributed by atoms with van der Waals surface area (Å²) in [6.45, 7) is 2.50. The minimum absolute atomic E-state index is 0.414. The van der Waals surface area contributed by atoms with Gasteiger partial charge in [-0.05, 0) is 20.8 Å². The van der Waals surface area contributed by atoms with Crippen LogP contribution in [0, 0.1) is 23.3 Å². The van der Waals surface area contributed by atoms with E-state index in [2.05, 4.69) is 4.74 Å². The molecule has 0 spiro atoms. The lowest BCUT2D eigenvalue weighted by Gasteiger charge is -2.26. The molecule has 1 aromatic carbocycles. The molecule has 28 heavy (non-hydrogen) atoms. The van der Waals surface area contributed by atoms with Crippen LogP contribution < -0.4 is 0 Å². The second-order valence-electron chi connectivity index (χ2n) is 5.07. The van der Waals surface area contributed by atoms with Crippen molar-refractivity contribution in [1.82, 2.24) is 0 Å². The molecule has 0 saturated carbocycles. The van der Waals surface area contributed by atoms with E-state index >= 15 is 0 Å². The molecular formula is C15H16F7O5P. The van der Waals surface area contributed by atoms with E-state index in [-0.39, 0.29) is 0 Å². The second-order valence-corrected chi connectivity index (χ2v) is 7.18. The first-order valence-electron chi connectivity index (χ1n) is 7.85. The summed E-state index contributed by atoms with van der Waals surface area (Å²) in [5.41, 5.74) is -7.41. The Hall–Kier alpha value is -1.65. The van der Waals surface area contributed by atoms with Crippen LogP contribution in [0.3, 0.4) is 0 Å². The Labute approximate surface area is 155 Å². The maximum atomic E-state index is 14.4. The fraction of sp³-hybridized carbons (Fsp3) is 0.533. The highest BCUT2D eigenvalue weighted by Gasteiger charge is 2.50. The van der Waals surface area contributed by atoms with Gasteiger partial charge in [0.25, 0.3) is 0 Å². The number of carbonyl (C=O) groups is 1. The van der Waals surface area contributed by atoms with Gasteiger partial charge >= 0.3 is 19.7 Å². The van der Waals surface area contributed by atoms with Gasteiger partial charge in [-0.15, -0.1) is 0 Å². The number of alkyl halides is 3. The Kier molecular flexibility index (Phi) is 8.04. The minimum Gasteiger partial charge on any atom is -0.465 e. The van der Waals surface area contributed by atoms with Gasteiger partial charge in [-0.25, -0.2) is 17.6 Å². The average molecular weight is 440 g/mol. The first-order chi connectivity index (χ1) is 12.9. The summed E-state index contributed by atoms with van der Waals surface area (Å²) < 4.78 is 122. The maximum Gasteiger partial charge on any atom is 0.422 e. The summed E-state index contributed by atoms with van der Waals surface area (Å²) in [5, 5.41) is 0. The Morgan fingerprint density at radius 2 is 1.32 bits per heavy atom. The highest BCUT2D eigenvalue weighted by molar-refractivity contribution is 7.55. The lowest BCUT2D eigenvalue weighted by atomic mass is 10.0. The van der Waals surface area contributed by atoms with Crippen LogP contribution in [0.1, 0.15) is 37.6 Å². The third kappa shape index (κ3) is 4.66. The lowest BCUT2D eigenvalue weighted by molar-refractivity contribution is -0.143. The minimum atomic E-state index is -5.78. The highest BCUT2D eigenvalue weighted by Crippen LogP contribution is 2.62. The number of halogens is 7. The van der Waals surface area contributed by atoms with Crippen LogP contribution in [0.4, 0.5) is 30.7 Å². The van der Waals surface area contributed by atoms with E-state index in [9.17, 15) is 40.1 Å². The number of ether oxygens (including phenoxy) is 1. The molecule has 0 bridgehead atoms. The Bertz CT molecular complexity index is 742. The van der Waals surface area contributed by atoms with Gasteiger partial charge in [0.15, 0.2) is 28.9 Å². The van der Waals surface area contributed by atoms with Gasteiger partial charge in [0.05, 0.1) is 25.4 Å². The van der Waals surface area contributed by atoms with Crippen molar-refractivity contribution in [3.63, 3.8) is 0 Å². The quantitative estimate of drug-likeness (QED) is 0.243. The zero-order chi connectivity index (χ0) is 21.9. The zero-order valence-electron chi connectivity index (χ0n) is 14.8. The first-order valence-corrected chi connectivity index (χ1v) is 9.46. The molecule has 160 valence electrons. The van der Waals surface area contributed by atoms with Gasteiger partial charge in [0.2, 0.25) is 0 Å². The molecule has 0 N–H and O–H groups in total. The van der Waals surface area contributed by atoms with Crippen molar-refractivity contribution in [3.8, 4) is 0 Å². The number of carbonyl (C=O) groups excluding carboxylic acids is 1. The first kappa shape index (κ1) is 24.4. The Balaban J connectivity index is 3.90. The molecule has 0 radical (unpaired) electrons. The Morgan fingerprint density at radius 3 is 1.64 bits per heavy atom. The zero-order valence-corrected chi connectivity index (χ0v) is 15.7. The van der Waals surface area contributed by atoms with Crippen LogP contribution >= 0.6 is 7.60 Å². The molecular weight excluding hydrogens is 424 g/mol. The van der Waals surface area contributed by atoms with Crippen molar-refractivity contribution in [2.45, 2.75) is 32.6 Å². The van der Waals surface area contributed by atoms with Crippen molar-refractivity contribution in [1.29, 1.82) is 0 Å². The molecule has 1 atom stereocenters. The van der Waals surface area contributed by atoms with Crippen LogP contribution in [0.15, 0.2) is 0 Å². The van der Waals surface area contributed by atoms with Gasteiger partial charge in [-0.1, -0.05) is 0 Å². The second kappa shape index (κ2) is 9.23. The number of esters is 1. The highest BCUT2D eigenvalue weighted by atomic mass is 31.2. The largest absolute Gasteiger partial charge is 0.465 e. The van der Waals surface area contributed by atoms with Crippen LogP contribution in [0.25, 0.3) is 0 Å². The van der Waals surface area contributed by atoms with Crippen LogP contribution in [0.5, 0.6) is 0 Å². The summed E-state index contributed by atoms with van der Waals surface area (Å²) in [4.78, 5) is 12.2. The molecule has 0 amide bonds. The summed E-state index contributed by atoms with van der Waals surface area (Å²) >= 11 is 0. The molecule has 0 heterocycles. The molecule has 0 aliphatic rings. The van der Waals surface area contributed by atoms with Crippen LogP contribution in [0.2, 0.25) is 0 Å². The van der Waals surface area contributed by atoms with Crippen LogP contribution in [-0.4, -0.2) is 25.8 Å². The molecule has 0 aromatic heterocycles. The van der Waals surface area contributed by atoms with E-state index in [0.717, 1.165) is 0 Å².